The highest BCUT2D eigenvalue weighted by atomic mass is 32.2. The predicted molar refractivity (Wildman–Crippen MR) is 288 cm³/mol. The number of nitrogens with one attached hydrogen (secondary N) is 2. The smallest absolute Gasteiger partial charge is 0.276 e. The van der Waals surface area contributed by atoms with Crippen LogP contribution < -0.4 is 46.3 Å². The molecule has 4 atom stereocenters. The lowest BCUT2D eigenvalue weighted by Crippen LogP contribution is -2.71. The van der Waals surface area contributed by atoms with Crippen LogP contribution in [-0.4, -0.2) is 172 Å². The van der Waals surface area contributed by atoms with Crippen molar-refractivity contribution in [2.24, 2.45) is 10.3 Å². The van der Waals surface area contributed by atoms with E-state index in [0.717, 1.165) is 38.0 Å². The molecular weight excluding hydrogens is 1140 g/mol. The number of thioether (sulfide) groups is 2. The molecule has 4 unspecified atom stereocenters. The number of aliphatic carboxylic acids is 2. The van der Waals surface area contributed by atoms with Gasteiger partial charge in [0.1, 0.15) is 67.3 Å². The first-order valence-corrected chi connectivity index (χ1v) is 28.6. The molecule has 6 N–H and O–H groups in total. The highest BCUT2D eigenvalue weighted by molar-refractivity contribution is 8.00. The molecule has 2 fully saturated rings. The van der Waals surface area contributed by atoms with Gasteiger partial charge in [-0.25, -0.2) is 14.5 Å². The number of hydrogen-bond acceptors (Lipinski definition) is 24. The molecule has 428 valence electrons. The third-order valence-electron chi connectivity index (χ3n) is 12.8. The summed E-state index contributed by atoms with van der Waals surface area (Å²) in [7, 11) is 2.49. The molecule has 0 saturated carbocycles. The quantitative estimate of drug-likeness (QED) is 0.0157. The average molecular weight is 1190 g/mol. The number of fused-ring (bicyclic) bond motifs is 2. The van der Waals surface area contributed by atoms with Gasteiger partial charge in [-0.2, -0.15) is 4.57 Å². The SMILES string of the molecule is CCN(Cc1cc[n+](CC2=C(C(=O)[O-])N3C(=O)C(NC(=O)/C(=N\OC)c4csc(N)n4)C3SC2)cc1)C(=O)COCCOCC(=O)N(CC)c1ccc[n+](CC2=C(C(=O)[O-])N3C(=O)C(NC(=O)/C(=N/OC)c4csc(N)n4)C3SC2)c1. The van der Waals surface area contributed by atoms with Crippen molar-refractivity contribution in [2.45, 2.75) is 56.3 Å². The third-order valence-corrected chi connectivity index (χ3v) is 16.8. The Labute approximate surface area is 478 Å². The number of aromatic nitrogens is 4. The van der Waals surface area contributed by atoms with Crippen molar-refractivity contribution in [1.82, 2.24) is 35.3 Å². The Morgan fingerprint density at radius 1 is 0.728 bits per heavy atom. The number of carbonyl (C=O) groups is 8. The second-order valence-electron chi connectivity index (χ2n) is 17.9. The molecule has 4 aliphatic heterocycles. The number of ether oxygens (including phenoxy) is 2. The largest absolute Gasteiger partial charge is 0.543 e. The molecule has 0 bridgehead atoms. The van der Waals surface area contributed by atoms with Crippen LogP contribution in [0.25, 0.3) is 0 Å². The van der Waals surface area contributed by atoms with Gasteiger partial charge in [-0.15, -0.1) is 46.2 Å². The van der Waals surface area contributed by atoms with Crippen LogP contribution in [0.2, 0.25) is 0 Å². The van der Waals surface area contributed by atoms with Gasteiger partial charge >= 0.3 is 0 Å². The van der Waals surface area contributed by atoms with Crippen molar-refractivity contribution in [3.8, 4) is 0 Å². The molecule has 8 rings (SSSR count). The number of carbonyl (C=O) groups excluding carboxylic acids is 8. The first-order chi connectivity index (χ1) is 39.0. The van der Waals surface area contributed by atoms with Gasteiger partial charge in [0.2, 0.25) is 5.91 Å². The molecular formula is C49H54N14O14S4. The number of likely N-dealkylation sites (N-methyl/N-ethyl adjacent to an activating group) is 2. The van der Waals surface area contributed by atoms with Gasteiger partial charge in [-0.05, 0) is 25.5 Å². The Morgan fingerprint density at radius 2 is 1.22 bits per heavy atom. The summed E-state index contributed by atoms with van der Waals surface area (Å²) < 4.78 is 14.7. The van der Waals surface area contributed by atoms with Gasteiger partial charge in [-0.3, -0.25) is 38.6 Å². The van der Waals surface area contributed by atoms with Gasteiger partial charge in [-0.1, -0.05) is 10.3 Å². The second-order valence-corrected chi connectivity index (χ2v) is 21.8. The average Bonchev–Trinajstić information content (AvgIpc) is 4.25. The zero-order valence-corrected chi connectivity index (χ0v) is 47.1. The zero-order chi connectivity index (χ0) is 58.1. The van der Waals surface area contributed by atoms with Gasteiger partial charge in [0.15, 0.2) is 59.6 Å². The van der Waals surface area contributed by atoms with E-state index in [2.05, 4.69) is 30.9 Å². The Balaban J connectivity index is 0.773. The molecule has 0 aliphatic carbocycles. The number of oxime groups is 2. The van der Waals surface area contributed by atoms with Crippen LogP contribution >= 0.6 is 46.2 Å². The predicted octanol–water partition coefficient (Wildman–Crippen LogP) is -3.32. The van der Waals surface area contributed by atoms with Crippen molar-refractivity contribution < 1.29 is 76.9 Å². The van der Waals surface area contributed by atoms with Crippen LogP contribution in [0.4, 0.5) is 16.0 Å². The van der Waals surface area contributed by atoms with Crippen LogP contribution in [0.3, 0.4) is 0 Å². The summed E-state index contributed by atoms with van der Waals surface area (Å²) in [5.41, 5.74) is 12.8. The van der Waals surface area contributed by atoms with Gasteiger partial charge < -0.3 is 70.9 Å². The summed E-state index contributed by atoms with van der Waals surface area (Å²) >= 11 is 4.72. The van der Waals surface area contributed by atoms with Crippen molar-refractivity contribution in [3.05, 3.63) is 99.3 Å². The number of carboxylic acid groups (broad SMARTS) is 2. The van der Waals surface area contributed by atoms with E-state index in [9.17, 15) is 48.6 Å². The van der Waals surface area contributed by atoms with Crippen LogP contribution in [0.5, 0.6) is 0 Å². The van der Waals surface area contributed by atoms with Crippen LogP contribution in [0.15, 0.2) is 92.7 Å². The number of rotatable bonds is 26. The second kappa shape index (κ2) is 26.5. The van der Waals surface area contributed by atoms with E-state index in [1.807, 2.05) is 6.92 Å². The van der Waals surface area contributed by atoms with Crippen LogP contribution in [0, 0.1) is 0 Å². The maximum atomic E-state index is 13.4. The number of β-lactam (4-membered cyclic amide) rings is 2. The lowest BCUT2D eigenvalue weighted by Gasteiger charge is -2.50. The Bertz CT molecular complexity index is 3240. The monoisotopic (exact) mass is 1190 g/mol. The number of thiazole rings is 2. The molecule has 4 aliphatic rings. The molecule has 6 amide bonds. The Hall–Kier alpha value is -8.04. The standard InChI is InChI=1S/C49H54N14O14S4/c1-5-60(16-26-9-12-58(13-10-26)17-27-22-78-44-36(42(68)62(44)38(27)46(70)71)54-40(66)34(56-74-3)30-24-80-48(50)52-30)32(64)20-76-14-15-77-21-33(65)61(6-2)29-8-7-11-59(19-29)18-28-23-79-45-37(43(69)63(45)39(28)47(72)73)55-41(67)35(57-75-4)31-25-81-49(51)53-31/h7-13,19,24-25,36-37,44-45H,5-6,14-18,20-23H2,1-4H3,(H6-2,50,51,52,53,54,55,66,67,70,71,72,73)/b56-34-,57-35+. The zero-order valence-electron chi connectivity index (χ0n) is 43.8. The number of anilines is 3. The molecule has 81 heavy (non-hydrogen) atoms. The summed E-state index contributed by atoms with van der Waals surface area (Å²) in [6.45, 7) is 4.10. The minimum Gasteiger partial charge on any atom is -0.543 e. The number of amides is 6. The molecule has 4 aromatic heterocycles. The topological polar surface area (TPSA) is 367 Å². The molecule has 28 nitrogen and oxygen atoms in total. The van der Waals surface area contributed by atoms with Crippen molar-refractivity contribution in [2.75, 3.05) is 81.6 Å². The van der Waals surface area contributed by atoms with Crippen molar-refractivity contribution in [1.29, 1.82) is 0 Å². The minimum absolute atomic E-state index is 0.00502. The van der Waals surface area contributed by atoms with Crippen molar-refractivity contribution in [3.63, 3.8) is 0 Å². The van der Waals surface area contributed by atoms with E-state index in [4.69, 9.17) is 30.6 Å². The van der Waals surface area contributed by atoms with E-state index < -0.39 is 58.4 Å². The van der Waals surface area contributed by atoms with Gasteiger partial charge in [0.05, 0.1) is 36.5 Å². The first-order valence-electron chi connectivity index (χ1n) is 24.7. The fourth-order valence-corrected chi connectivity index (χ4v) is 12.8. The number of pyridine rings is 2. The number of carboxylic acids is 2. The van der Waals surface area contributed by atoms with Gasteiger partial charge in [0.25, 0.3) is 29.5 Å². The van der Waals surface area contributed by atoms with Gasteiger partial charge in [0, 0.05) is 71.2 Å². The maximum absolute atomic E-state index is 13.4. The molecule has 0 radical (unpaired) electrons. The number of nitrogens with zero attached hydrogens (tertiary/aromatic N) is 10. The molecule has 0 spiro atoms. The van der Waals surface area contributed by atoms with Crippen molar-refractivity contribution >= 4 is 121 Å². The lowest BCUT2D eigenvalue weighted by molar-refractivity contribution is -0.689. The third kappa shape index (κ3) is 13.3. The summed E-state index contributed by atoms with van der Waals surface area (Å²) in [6.07, 6.45) is 6.81. The van der Waals surface area contributed by atoms with Crippen LogP contribution in [0.1, 0.15) is 30.8 Å². The summed E-state index contributed by atoms with van der Waals surface area (Å²) in [5, 5.41) is 39.6. The molecule has 4 aromatic rings. The Kier molecular flexibility index (Phi) is 19.3. The molecule has 8 heterocycles. The van der Waals surface area contributed by atoms with E-state index >= 15 is 0 Å². The van der Waals surface area contributed by atoms with E-state index in [-0.39, 0.29) is 120 Å². The van der Waals surface area contributed by atoms with Crippen LogP contribution in [-0.2, 0) is 77.1 Å². The number of nitrogens with two attached hydrogens (primary N) is 2. The lowest BCUT2D eigenvalue weighted by atomic mass is 10.0. The molecule has 2 saturated heterocycles. The highest BCUT2D eigenvalue weighted by Crippen LogP contribution is 2.41. The molecule has 0 aromatic carbocycles. The fraction of sp³-hybridized carbons (Fsp3) is 0.388. The maximum Gasteiger partial charge on any atom is 0.276 e. The number of nitrogen functional groups attached to an aromatic ring is 2. The van der Waals surface area contributed by atoms with E-state index in [1.165, 1.54) is 53.4 Å². The normalized spacial score (nSPS) is 18.8. The summed E-state index contributed by atoms with van der Waals surface area (Å²) in [4.78, 5) is 128. The number of hydrogen-bond donors (Lipinski definition) is 4. The fourth-order valence-electron chi connectivity index (χ4n) is 9.00. The summed E-state index contributed by atoms with van der Waals surface area (Å²) in [5.74, 6) is -6.15. The first kappa shape index (κ1) is 59.1. The summed E-state index contributed by atoms with van der Waals surface area (Å²) in [6, 6.07) is 4.86. The van der Waals surface area contributed by atoms with E-state index in [0.29, 0.717) is 23.4 Å². The highest BCUT2D eigenvalue weighted by Gasteiger charge is 2.55. The minimum atomic E-state index is -1.56. The molecule has 32 heteroatoms. The Morgan fingerprint density at radius 3 is 1.67 bits per heavy atom. The van der Waals surface area contributed by atoms with E-state index in [1.54, 1.807) is 70.0 Å².